The van der Waals surface area contributed by atoms with E-state index in [0.29, 0.717) is 0 Å². The lowest BCUT2D eigenvalue weighted by Crippen LogP contribution is -2.08. The molecular weight excluding hydrogens is 296 g/mol. The summed E-state index contributed by atoms with van der Waals surface area (Å²) in [6.45, 7) is 4.00. The van der Waals surface area contributed by atoms with Gasteiger partial charge in [0.05, 0.1) is 28.9 Å². The fraction of sp³-hybridized carbons (Fsp3) is 0.350. The van der Waals surface area contributed by atoms with Gasteiger partial charge in [-0.15, -0.1) is 0 Å². The predicted octanol–water partition coefficient (Wildman–Crippen LogP) is 3.98. The number of aryl methyl sites for hydroxylation is 2. The van der Waals surface area contributed by atoms with Crippen molar-refractivity contribution in [3.63, 3.8) is 0 Å². The van der Waals surface area contributed by atoms with Crippen molar-refractivity contribution in [1.82, 2.24) is 14.8 Å². The summed E-state index contributed by atoms with van der Waals surface area (Å²) < 4.78 is 1.97. The molecule has 4 nitrogen and oxygen atoms in total. The van der Waals surface area contributed by atoms with Crippen LogP contribution in [0.5, 0.6) is 0 Å². The first-order chi connectivity index (χ1) is 11.6. The highest BCUT2D eigenvalue weighted by atomic mass is 15.3. The van der Waals surface area contributed by atoms with Crippen molar-refractivity contribution >= 4 is 10.9 Å². The van der Waals surface area contributed by atoms with E-state index in [0.717, 1.165) is 40.0 Å². The highest BCUT2D eigenvalue weighted by molar-refractivity contribution is 5.82. The van der Waals surface area contributed by atoms with Crippen LogP contribution in [0.1, 0.15) is 36.2 Å². The maximum Gasteiger partial charge on any atom is 0.0885 e. The molecule has 2 aliphatic carbocycles. The van der Waals surface area contributed by atoms with Crippen LogP contribution in [0.25, 0.3) is 16.6 Å². The number of rotatable bonds is 2. The largest absolute Gasteiger partial charge is 0.258 e. The number of aromatic nitrogens is 3. The number of pyridine rings is 1. The molecule has 2 fully saturated rings. The first kappa shape index (κ1) is 13.7. The Bertz CT molecular complexity index is 1020. The van der Waals surface area contributed by atoms with Gasteiger partial charge in [-0.25, -0.2) is 4.68 Å². The summed E-state index contributed by atoms with van der Waals surface area (Å²) in [6.07, 6.45) is 5.30. The normalized spacial score (nSPS) is 23.4. The summed E-state index contributed by atoms with van der Waals surface area (Å²) in [5.41, 5.74) is 5.23. The van der Waals surface area contributed by atoms with Crippen molar-refractivity contribution in [3.8, 4) is 11.8 Å². The third-order valence-electron chi connectivity index (χ3n) is 5.80. The molecule has 118 valence electrons. The van der Waals surface area contributed by atoms with Crippen molar-refractivity contribution in [3.05, 3.63) is 53.5 Å². The van der Waals surface area contributed by atoms with Gasteiger partial charge in [0.1, 0.15) is 0 Å². The molecule has 5 rings (SSSR count). The van der Waals surface area contributed by atoms with Gasteiger partial charge in [0.15, 0.2) is 0 Å². The van der Waals surface area contributed by atoms with Crippen molar-refractivity contribution in [2.24, 2.45) is 5.41 Å². The van der Waals surface area contributed by atoms with Gasteiger partial charge < -0.3 is 0 Å². The Morgan fingerprint density at radius 2 is 1.88 bits per heavy atom. The highest BCUT2D eigenvalue weighted by Gasteiger charge is 2.75. The van der Waals surface area contributed by atoms with Gasteiger partial charge in [0.25, 0.3) is 0 Å². The van der Waals surface area contributed by atoms with Crippen LogP contribution < -0.4 is 0 Å². The average Bonchev–Trinajstić information content (AvgIpc) is 3.43. The molecule has 0 saturated heterocycles. The van der Waals surface area contributed by atoms with Crippen LogP contribution in [0.4, 0.5) is 0 Å². The maximum atomic E-state index is 9.79. The van der Waals surface area contributed by atoms with Crippen LogP contribution in [0.15, 0.2) is 36.5 Å². The molecule has 24 heavy (non-hydrogen) atoms. The Hall–Kier alpha value is -2.67. The first-order valence-electron chi connectivity index (χ1n) is 8.42. The van der Waals surface area contributed by atoms with E-state index in [1.54, 1.807) is 0 Å². The molecule has 1 aromatic carbocycles. The second-order valence-corrected chi connectivity index (χ2v) is 7.41. The van der Waals surface area contributed by atoms with Crippen LogP contribution in [0.2, 0.25) is 0 Å². The minimum absolute atomic E-state index is 0.264. The number of benzene rings is 1. The molecule has 0 N–H and O–H groups in total. The van der Waals surface area contributed by atoms with Crippen LogP contribution in [0, 0.1) is 30.6 Å². The zero-order chi connectivity index (χ0) is 16.5. The zero-order valence-electron chi connectivity index (χ0n) is 13.9. The van der Waals surface area contributed by atoms with Crippen molar-refractivity contribution in [2.75, 3.05) is 0 Å². The summed E-state index contributed by atoms with van der Waals surface area (Å²) in [7, 11) is 0. The topological polar surface area (TPSA) is 54.5 Å². The Labute approximate surface area is 140 Å². The molecule has 3 aromatic rings. The van der Waals surface area contributed by atoms with Gasteiger partial charge in [0, 0.05) is 16.8 Å². The fourth-order valence-electron chi connectivity index (χ4n) is 4.27. The maximum absolute atomic E-state index is 9.79. The summed E-state index contributed by atoms with van der Waals surface area (Å²) in [5, 5.41) is 15.5. The molecular formula is C20H18N4. The molecule has 0 amide bonds. The number of nitrogens with zero attached hydrogens (tertiary/aromatic N) is 4. The first-order valence-corrected chi connectivity index (χ1v) is 8.42. The van der Waals surface area contributed by atoms with Crippen LogP contribution in [-0.4, -0.2) is 14.8 Å². The number of hydrogen-bond donors (Lipinski definition) is 0. The van der Waals surface area contributed by atoms with Crippen molar-refractivity contribution in [2.45, 2.75) is 38.5 Å². The summed E-state index contributed by atoms with van der Waals surface area (Å²) in [5.74, 6) is 0. The Morgan fingerprint density at radius 3 is 2.50 bits per heavy atom. The van der Waals surface area contributed by atoms with E-state index in [2.05, 4.69) is 34.4 Å². The van der Waals surface area contributed by atoms with Crippen LogP contribution in [-0.2, 0) is 5.41 Å². The van der Waals surface area contributed by atoms with Gasteiger partial charge in [-0.3, -0.25) is 4.98 Å². The van der Waals surface area contributed by atoms with E-state index in [-0.39, 0.29) is 10.8 Å². The lowest BCUT2D eigenvalue weighted by atomic mass is 9.93. The highest BCUT2D eigenvalue weighted by Crippen LogP contribution is 2.78. The average molecular weight is 314 g/mol. The van der Waals surface area contributed by atoms with E-state index in [1.165, 1.54) is 12.8 Å². The monoisotopic (exact) mass is 314 g/mol. The summed E-state index contributed by atoms with van der Waals surface area (Å²) >= 11 is 0. The second-order valence-electron chi connectivity index (χ2n) is 7.41. The Morgan fingerprint density at radius 1 is 1.12 bits per heavy atom. The van der Waals surface area contributed by atoms with E-state index in [9.17, 15) is 5.26 Å². The smallest absolute Gasteiger partial charge is 0.0885 e. The van der Waals surface area contributed by atoms with Crippen molar-refractivity contribution in [1.29, 1.82) is 5.26 Å². The number of fused-ring (bicyclic) bond motifs is 1. The minimum atomic E-state index is -0.264. The number of hydrogen-bond acceptors (Lipinski definition) is 3. The fourth-order valence-corrected chi connectivity index (χ4v) is 4.27. The standard InChI is InChI=1S/C20H18N4/c1-13-7-17(8-14(2)23-13)24-18-9-16(4-3-15(18)10-22-24)20(12-21)11-19(20)5-6-19/h3-4,7-10H,5-6,11H2,1-2H3/t20-/m1/s1. The molecule has 0 aliphatic heterocycles. The Kier molecular flexibility index (Phi) is 2.43. The SMILES string of the molecule is Cc1cc(-n2ncc3ccc([C@]4(C#N)CC45CC5)cc32)cc(C)n1. The third-order valence-corrected chi connectivity index (χ3v) is 5.80. The lowest BCUT2D eigenvalue weighted by Gasteiger charge is -2.11. The number of nitriles is 1. The van der Waals surface area contributed by atoms with Gasteiger partial charge in [-0.1, -0.05) is 12.1 Å². The molecule has 2 heterocycles. The van der Waals surface area contributed by atoms with E-state index >= 15 is 0 Å². The Balaban J connectivity index is 1.69. The lowest BCUT2D eigenvalue weighted by molar-refractivity contribution is 0.738. The van der Waals surface area contributed by atoms with E-state index in [4.69, 9.17) is 0 Å². The van der Waals surface area contributed by atoms with Crippen molar-refractivity contribution < 1.29 is 0 Å². The molecule has 4 heteroatoms. The minimum Gasteiger partial charge on any atom is -0.258 e. The van der Waals surface area contributed by atoms with Gasteiger partial charge in [0.2, 0.25) is 0 Å². The summed E-state index contributed by atoms with van der Waals surface area (Å²) in [6, 6.07) is 13.1. The zero-order valence-corrected chi connectivity index (χ0v) is 13.9. The van der Waals surface area contributed by atoms with Gasteiger partial charge >= 0.3 is 0 Å². The van der Waals surface area contributed by atoms with Gasteiger partial charge in [-0.05, 0) is 62.3 Å². The molecule has 0 bridgehead atoms. The second kappa shape index (κ2) is 4.24. The third kappa shape index (κ3) is 1.67. The molecule has 2 aromatic heterocycles. The molecule has 1 atom stereocenters. The van der Waals surface area contributed by atoms with E-state index < -0.39 is 0 Å². The quantitative estimate of drug-likeness (QED) is 0.719. The van der Waals surface area contributed by atoms with Gasteiger partial charge in [-0.2, -0.15) is 10.4 Å². The molecule has 2 saturated carbocycles. The predicted molar refractivity (Wildman–Crippen MR) is 91.9 cm³/mol. The molecule has 1 spiro atoms. The summed E-state index contributed by atoms with van der Waals surface area (Å²) in [4.78, 5) is 4.45. The molecule has 0 radical (unpaired) electrons. The van der Waals surface area contributed by atoms with E-state index in [1.807, 2.05) is 36.9 Å². The molecule has 0 unspecified atom stereocenters. The van der Waals surface area contributed by atoms with Crippen LogP contribution >= 0.6 is 0 Å². The molecule has 2 aliphatic rings. The van der Waals surface area contributed by atoms with Crippen LogP contribution in [0.3, 0.4) is 0 Å².